The van der Waals surface area contributed by atoms with Crippen molar-refractivity contribution in [3.8, 4) is 5.75 Å². The lowest BCUT2D eigenvalue weighted by atomic mass is 10.1. The van der Waals surface area contributed by atoms with Gasteiger partial charge < -0.3 is 9.84 Å². The Hall–Kier alpha value is -2.08. The quantitative estimate of drug-likeness (QED) is 0.728. The number of carbonyl (C=O) groups is 2. The highest BCUT2D eigenvalue weighted by Crippen LogP contribution is 2.19. The van der Waals surface area contributed by atoms with E-state index in [1.54, 1.807) is 6.07 Å². The third-order valence-corrected chi connectivity index (χ3v) is 2.17. The van der Waals surface area contributed by atoms with Gasteiger partial charge in [0.15, 0.2) is 6.61 Å². The number of hydrogen-bond acceptors (Lipinski definition) is 4. The largest absolute Gasteiger partial charge is 0.496 e. The summed E-state index contributed by atoms with van der Waals surface area (Å²) in [5, 5.41) is 8.34. The van der Waals surface area contributed by atoms with Crippen LogP contribution in [0.5, 0.6) is 5.75 Å². The Labute approximate surface area is 104 Å². The second-order valence-corrected chi connectivity index (χ2v) is 3.70. The van der Waals surface area contributed by atoms with Crippen molar-refractivity contribution in [1.82, 2.24) is 5.48 Å². The van der Waals surface area contributed by atoms with Crippen molar-refractivity contribution >= 4 is 11.9 Å². The number of nitrogens with one attached hydrogen (secondary N) is 1. The number of aryl methyl sites for hydroxylation is 1. The summed E-state index contributed by atoms with van der Waals surface area (Å²) < 4.78 is 5.13. The molecule has 6 heteroatoms. The molecule has 0 saturated heterocycles. The molecule has 0 atom stereocenters. The molecule has 6 nitrogen and oxygen atoms in total. The lowest BCUT2D eigenvalue weighted by Crippen LogP contribution is -2.28. The SMILES string of the molecule is COc1ccc(C)cc1CC(=O)NOCC(=O)O. The first-order chi connectivity index (χ1) is 8.52. The maximum atomic E-state index is 11.5. The van der Waals surface area contributed by atoms with Crippen LogP contribution in [0.25, 0.3) is 0 Å². The molecule has 1 amide bonds. The van der Waals surface area contributed by atoms with Crippen LogP contribution in [0.3, 0.4) is 0 Å². The zero-order valence-electron chi connectivity index (χ0n) is 10.2. The Kier molecular flexibility index (Phi) is 5.13. The summed E-state index contributed by atoms with van der Waals surface area (Å²) >= 11 is 0. The topological polar surface area (TPSA) is 84.9 Å². The van der Waals surface area contributed by atoms with Gasteiger partial charge in [0, 0.05) is 5.56 Å². The molecule has 0 bridgehead atoms. The Morgan fingerprint density at radius 3 is 2.72 bits per heavy atom. The predicted octanol–water partition coefficient (Wildman–Crippen LogP) is 0.679. The zero-order chi connectivity index (χ0) is 13.5. The fraction of sp³-hybridized carbons (Fsp3) is 0.333. The molecular weight excluding hydrogens is 238 g/mol. The van der Waals surface area contributed by atoms with Crippen molar-refractivity contribution in [2.24, 2.45) is 0 Å². The number of ether oxygens (including phenoxy) is 1. The lowest BCUT2D eigenvalue weighted by molar-refractivity contribution is -0.149. The van der Waals surface area contributed by atoms with Crippen LogP contribution in [0.1, 0.15) is 11.1 Å². The molecule has 0 aliphatic carbocycles. The molecule has 0 spiro atoms. The summed E-state index contributed by atoms with van der Waals surface area (Å²) in [6, 6.07) is 5.48. The number of methoxy groups -OCH3 is 1. The zero-order valence-corrected chi connectivity index (χ0v) is 10.2. The van der Waals surface area contributed by atoms with Gasteiger partial charge in [0.2, 0.25) is 5.91 Å². The van der Waals surface area contributed by atoms with Crippen molar-refractivity contribution in [2.45, 2.75) is 13.3 Å². The van der Waals surface area contributed by atoms with Crippen LogP contribution in [0.4, 0.5) is 0 Å². The van der Waals surface area contributed by atoms with Crippen LogP contribution >= 0.6 is 0 Å². The van der Waals surface area contributed by atoms with E-state index in [-0.39, 0.29) is 6.42 Å². The van der Waals surface area contributed by atoms with E-state index in [9.17, 15) is 9.59 Å². The first-order valence-electron chi connectivity index (χ1n) is 5.29. The highest BCUT2D eigenvalue weighted by Gasteiger charge is 2.09. The summed E-state index contributed by atoms with van der Waals surface area (Å²) in [7, 11) is 1.52. The third-order valence-electron chi connectivity index (χ3n) is 2.17. The molecule has 0 aromatic heterocycles. The number of carboxylic acids is 1. The smallest absolute Gasteiger partial charge is 0.332 e. The average Bonchev–Trinajstić information content (AvgIpc) is 2.28. The van der Waals surface area contributed by atoms with Gasteiger partial charge in [0.1, 0.15) is 5.75 Å². The summed E-state index contributed by atoms with van der Waals surface area (Å²) in [5.41, 5.74) is 3.78. The van der Waals surface area contributed by atoms with E-state index >= 15 is 0 Å². The summed E-state index contributed by atoms with van der Waals surface area (Å²) in [5.74, 6) is -0.974. The number of hydroxylamine groups is 1. The van der Waals surface area contributed by atoms with E-state index in [2.05, 4.69) is 10.3 Å². The van der Waals surface area contributed by atoms with Crippen LogP contribution in [-0.2, 0) is 20.8 Å². The minimum atomic E-state index is -1.15. The summed E-state index contributed by atoms with van der Waals surface area (Å²) in [6.45, 7) is 1.33. The minimum absolute atomic E-state index is 0.0600. The summed E-state index contributed by atoms with van der Waals surface area (Å²) in [6.07, 6.45) is 0.0600. The second-order valence-electron chi connectivity index (χ2n) is 3.70. The molecule has 1 aromatic carbocycles. The highest BCUT2D eigenvalue weighted by molar-refractivity contribution is 5.78. The van der Waals surface area contributed by atoms with Crippen molar-refractivity contribution in [1.29, 1.82) is 0 Å². The molecule has 0 aliphatic rings. The molecule has 18 heavy (non-hydrogen) atoms. The molecule has 1 aromatic rings. The number of carbonyl (C=O) groups excluding carboxylic acids is 1. The first kappa shape index (κ1) is 14.0. The standard InChI is InChI=1S/C12H15NO5/c1-8-3-4-10(17-2)9(5-8)6-11(14)13-18-7-12(15)16/h3-5H,6-7H2,1-2H3,(H,13,14)(H,15,16). The van der Waals surface area contributed by atoms with Gasteiger partial charge in [-0.3, -0.25) is 9.63 Å². The molecule has 98 valence electrons. The van der Waals surface area contributed by atoms with Crippen LogP contribution in [0.2, 0.25) is 0 Å². The molecule has 2 N–H and O–H groups in total. The van der Waals surface area contributed by atoms with E-state index in [1.165, 1.54) is 7.11 Å². The predicted molar refractivity (Wildman–Crippen MR) is 63.2 cm³/mol. The Bertz CT molecular complexity index is 444. The molecule has 0 fully saturated rings. The number of aliphatic carboxylic acids is 1. The summed E-state index contributed by atoms with van der Waals surface area (Å²) in [4.78, 5) is 26.2. The minimum Gasteiger partial charge on any atom is -0.496 e. The molecule has 0 radical (unpaired) electrons. The van der Waals surface area contributed by atoms with Gasteiger partial charge in [-0.1, -0.05) is 17.7 Å². The maximum absolute atomic E-state index is 11.5. The van der Waals surface area contributed by atoms with Gasteiger partial charge in [0.05, 0.1) is 13.5 Å². The van der Waals surface area contributed by atoms with Gasteiger partial charge in [0.25, 0.3) is 0 Å². The van der Waals surface area contributed by atoms with Crippen molar-refractivity contribution in [3.05, 3.63) is 29.3 Å². The van der Waals surface area contributed by atoms with E-state index in [4.69, 9.17) is 9.84 Å². The number of amides is 1. The fourth-order valence-corrected chi connectivity index (χ4v) is 1.43. The van der Waals surface area contributed by atoms with E-state index < -0.39 is 18.5 Å². The lowest BCUT2D eigenvalue weighted by Gasteiger charge is -2.09. The third kappa shape index (κ3) is 4.42. The van der Waals surface area contributed by atoms with Gasteiger partial charge >= 0.3 is 5.97 Å². The van der Waals surface area contributed by atoms with Gasteiger partial charge in [-0.05, 0) is 13.0 Å². The van der Waals surface area contributed by atoms with Gasteiger partial charge in [-0.15, -0.1) is 0 Å². The monoisotopic (exact) mass is 253 g/mol. The molecule has 1 rings (SSSR count). The van der Waals surface area contributed by atoms with E-state index in [0.29, 0.717) is 11.3 Å². The van der Waals surface area contributed by atoms with Crippen molar-refractivity contribution in [2.75, 3.05) is 13.7 Å². The second kappa shape index (κ2) is 6.61. The van der Waals surface area contributed by atoms with E-state index in [1.807, 2.05) is 19.1 Å². The fourth-order valence-electron chi connectivity index (χ4n) is 1.43. The first-order valence-corrected chi connectivity index (χ1v) is 5.29. The normalized spacial score (nSPS) is 9.89. The molecule has 0 unspecified atom stereocenters. The van der Waals surface area contributed by atoms with Crippen LogP contribution in [0.15, 0.2) is 18.2 Å². The Morgan fingerprint density at radius 1 is 1.39 bits per heavy atom. The number of carboxylic acid groups (broad SMARTS) is 1. The van der Waals surface area contributed by atoms with Crippen LogP contribution in [0, 0.1) is 6.92 Å². The van der Waals surface area contributed by atoms with Crippen molar-refractivity contribution < 1.29 is 24.3 Å². The van der Waals surface area contributed by atoms with Crippen molar-refractivity contribution in [3.63, 3.8) is 0 Å². The van der Waals surface area contributed by atoms with Gasteiger partial charge in [-0.2, -0.15) is 0 Å². The molecule has 0 aliphatic heterocycles. The molecular formula is C12H15NO5. The van der Waals surface area contributed by atoms with Crippen LogP contribution in [-0.4, -0.2) is 30.7 Å². The number of rotatable bonds is 6. The van der Waals surface area contributed by atoms with Gasteiger partial charge in [-0.25, -0.2) is 10.3 Å². The molecule has 0 saturated carbocycles. The van der Waals surface area contributed by atoms with E-state index in [0.717, 1.165) is 5.56 Å². The van der Waals surface area contributed by atoms with Crippen LogP contribution < -0.4 is 10.2 Å². The number of benzene rings is 1. The Morgan fingerprint density at radius 2 is 2.11 bits per heavy atom. The molecule has 0 heterocycles. The highest BCUT2D eigenvalue weighted by atomic mass is 16.7. The Balaban J connectivity index is 2.58. The maximum Gasteiger partial charge on any atom is 0.332 e. The average molecular weight is 253 g/mol. The number of hydrogen-bond donors (Lipinski definition) is 2.